The Kier molecular flexibility index (Phi) is 5.16. The van der Waals surface area contributed by atoms with Crippen molar-refractivity contribution in [2.24, 2.45) is 0 Å². The summed E-state index contributed by atoms with van der Waals surface area (Å²) in [6.45, 7) is 1.84. The smallest absolute Gasteiger partial charge is 0.255 e. The molecular formula is C20H19NO4. The molecule has 0 saturated carbocycles. The van der Waals surface area contributed by atoms with Gasteiger partial charge in [0, 0.05) is 0 Å². The molecule has 1 atom stereocenters. The lowest BCUT2D eigenvalue weighted by atomic mass is 10.1. The average molecular weight is 337 g/mol. The third-order valence-corrected chi connectivity index (χ3v) is 3.65. The van der Waals surface area contributed by atoms with Gasteiger partial charge in [-0.25, -0.2) is 0 Å². The number of para-hydroxylation sites is 2. The molecule has 25 heavy (non-hydrogen) atoms. The summed E-state index contributed by atoms with van der Waals surface area (Å²) in [5.41, 5.74) is 0.397. The molecule has 0 aliphatic carbocycles. The van der Waals surface area contributed by atoms with Gasteiger partial charge in [-0.3, -0.25) is 4.79 Å². The van der Waals surface area contributed by atoms with E-state index in [9.17, 15) is 9.90 Å². The van der Waals surface area contributed by atoms with Crippen molar-refractivity contribution in [1.82, 2.24) is 5.32 Å². The van der Waals surface area contributed by atoms with Crippen LogP contribution in [0.15, 0.2) is 71.1 Å². The lowest BCUT2D eigenvalue weighted by Crippen LogP contribution is -2.28. The van der Waals surface area contributed by atoms with Gasteiger partial charge in [-0.05, 0) is 43.3 Å². The lowest BCUT2D eigenvalue weighted by Gasteiger charge is -2.13. The second-order valence-electron chi connectivity index (χ2n) is 5.59. The molecule has 1 heterocycles. The van der Waals surface area contributed by atoms with Crippen molar-refractivity contribution in [3.05, 3.63) is 83.8 Å². The first-order valence-electron chi connectivity index (χ1n) is 7.98. The highest BCUT2D eigenvalue weighted by molar-refractivity contribution is 5.97. The molecule has 5 heteroatoms. The largest absolute Gasteiger partial charge is 0.464 e. The molecule has 1 unspecified atom stereocenters. The molecule has 1 amide bonds. The molecule has 0 fully saturated rings. The van der Waals surface area contributed by atoms with Gasteiger partial charge in [0.05, 0.1) is 12.1 Å². The van der Waals surface area contributed by atoms with Crippen molar-refractivity contribution in [3.8, 4) is 11.5 Å². The van der Waals surface area contributed by atoms with Crippen LogP contribution in [0.25, 0.3) is 0 Å². The van der Waals surface area contributed by atoms with Crippen LogP contribution in [0.2, 0.25) is 0 Å². The maximum atomic E-state index is 12.5. The number of aliphatic hydroxyl groups is 1. The van der Waals surface area contributed by atoms with Crippen LogP contribution in [-0.4, -0.2) is 17.6 Å². The first-order chi connectivity index (χ1) is 12.1. The summed E-state index contributed by atoms with van der Waals surface area (Å²) in [7, 11) is 0. The van der Waals surface area contributed by atoms with E-state index in [-0.39, 0.29) is 12.5 Å². The Morgan fingerprint density at radius 3 is 2.52 bits per heavy atom. The number of benzene rings is 2. The van der Waals surface area contributed by atoms with E-state index in [1.165, 1.54) is 0 Å². The molecule has 3 aromatic rings. The summed E-state index contributed by atoms with van der Waals surface area (Å²) in [5, 5.41) is 12.8. The molecule has 2 N–H and O–H groups in total. The molecular weight excluding hydrogens is 318 g/mol. The first-order valence-corrected chi connectivity index (χ1v) is 7.98. The Hall–Kier alpha value is -3.05. The van der Waals surface area contributed by atoms with E-state index in [4.69, 9.17) is 9.15 Å². The normalized spacial score (nSPS) is 11.8. The Labute approximate surface area is 145 Å². The molecule has 0 aliphatic rings. The van der Waals surface area contributed by atoms with Gasteiger partial charge >= 0.3 is 0 Å². The summed E-state index contributed by atoms with van der Waals surface area (Å²) < 4.78 is 11.1. The highest BCUT2D eigenvalue weighted by Gasteiger charge is 2.16. The van der Waals surface area contributed by atoms with E-state index in [1.807, 2.05) is 30.3 Å². The van der Waals surface area contributed by atoms with Crippen molar-refractivity contribution >= 4 is 5.91 Å². The number of nitrogens with one attached hydrogen (secondary N) is 1. The van der Waals surface area contributed by atoms with Crippen LogP contribution in [-0.2, 0) is 0 Å². The third kappa shape index (κ3) is 4.28. The van der Waals surface area contributed by atoms with Gasteiger partial charge in [-0.15, -0.1) is 0 Å². The fourth-order valence-electron chi connectivity index (χ4n) is 2.38. The van der Waals surface area contributed by atoms with E-state index >= 15 is 0 Å². The van der Waals surface area contributed by atoms with Gasteiger partial charge in [0.15, 0.2) is 0 Å². The van der Waals surface area contributed by atoms with E-state index < -0.39 is 6.10 Å². The highest BCUT2D eigenvalue weighted by Crippen LogP contribution is 2.25. The van der Waals surface area contributed by atoms with Gasteiger partial charge in [0.25, 0.3) is 5.91 Å². The SMILES string of the molecule is Cc1ccc(C(O)CNC(=O)c2ccccc2Oc2ccccc2)o1. The zero-order valence-electron chi connectivity index (χ0n) is 13.8. The molecule has 0 radical (unpaired) electrons. The van der Waals surface area contributed by atoms with Gasteiger partial charge in [-0.1, -0.05) is 30.3 Å². The van der Waals surface area contributed by atoms with Crippen LogP contribution >= 0.6 is 0 Å². The zero-order chi connectivity index (χ0) is 17.6. The second-order valence-corrected chi connectivity index (χ2v) is 5.59. The van der Waals surface area contributed by atoms with Crippen LogP contribution in [0.1, 0.15) is 28.0 Å². The van der Waals surface area contributed by atoms with E-state index in [0.29, 0.717) is 28.6 Å². The topological polar surface area (TPSA) is 71.7 Å². The molecule has 3 rings (SSSR count). The number of aryl methyl sites for hydroxylation is 1. The predicted molar refractivity (Wildman–Crippen MR) is 93.7 cm³/mol. The van der Waals surface area contributed by atoms with Crippen LogP contribution in [0.5, 0.6) is 11.5 Å². The van der Waals surface area contributed by atoms with Crippen LogP contribution < -0.4 is 10.1 Å². The molecule has 128 valence electrons. The van der Waals surface area contributed by atoms with E-state index in [0.717, 1.165) is 0 Å². The van der Waals surface area contributed by atoms with E-state index in [1.54, 1.807) is 43.3 Å². The second kappa shape index (κ2) is 7.68. The van der Waals surface area contributed by atoms with Crippen molar-refractivity contribution in [3.63, 3.8) is 0 Å². The molecule has 0 aliphatic heterocycles. The van der Waals surface area contributed by atoms with Crippen molar-refractivity contribution < 1.29 is 19.1 Å². The summed E-state index contributed by atoms with van der Waals surface area (Å²) in [6, 6.07) is 19.7. The summed E-state index contributed by atoms with van der Waals surface area (Å²) in [6.07, 6.45) is -0.903. The van der Waals surface area contributed by atoms with Gasteiger partial charge < -0.3 is 19.6 Å². The maximum absolute atomic E-state index is 12.5. The van der Waals surface area contributed by atoms with E-state index in [2.05, 4.69) is 5.32 Å². The fourth-order valence-corrected chi connectivity index (χ4v) is 2.38. The first kappa shape index (κ1) is 16.8. The van der Waals surface area contributed by atoms with Gasteiger partial charge in [0.2, 0.25) is 0 Å². The number of aliphatic hydroxyl groups excluding tert-OH is 1. The number of rotatable bonds is 6. The minimum Gasteiger partial charge on any atom is -0.464 e. The molecule has 5 nitrogen and oxygen atoms in total. The van der Waals surface area contributed by atoms with Gasteiger partial charge in [0.1, 0.15) is 29.1 Å². The number of furan rings is 1. The minimum absolute atomic E-state index is 0.0471. The molecule has 0 saturated heterocycles. The molecule has 0 spiro atoms. The molecule has 0 bridgehead atoms. The number of hydrogen-bond acceptors (Lipinski definition) is 4. The summed E-state index contributed by atoms with van der Waals surface area (Å²) in [4.78, 5) is 12.5. The number of hydrogen-bond donors (Lipinski definition) is 2. The van der Waals surface area contributed by atoms with Crippen LogP contribution in [0, 0.1) is 6.92 Å². The number of ether oxygens (including phenoxy) is 1. The Balaban J connectivity index is 1.68. The average Bonchev–Trinajstić information content (AvgIpc) is 3.07. The van der Waals surface area contributed by atoms with Crippen molar-refractivity contribution in [2.75, 3.05) is 6.54 Å². The third-order valence-electron chi connectivity index (χ3n) is 3.65. The lowest BCUT2D eigenvalue weighted by molar-refractivity contribution is 0.0898. The number of amides is 1. The zero-order valence-corrected chi connectivity index (χ0v) is 13.8. The van der Waals surface area contributed by atoms with Crippen molar-refractivity contribution in [2.45, 2.75) is 13.0 Å². The predicted octanol–water partition coefficient (Wildman–Crippen LogP) is 3.84. The van der Waals surface area contributed by atoms with Crippen LogP contribution in [0.4, 0.5) is 0 Å². The standard InChI is InChI=1S/C20H19NO4/c1-14-11-12-19(24-14)17(22)13-21-20(23)16-9-5-6-10-18(16)25-15-7-3-2-4-8-15/h2-12,17,22H,13H2,1H3,(H,21,23). The van der Waals surface area contributed by atoms with Crippen molar-refractivity contribution in [1.29, 1.82) is 0 Å². The number of carbonyl (C=O) groups is 1. The minimum atomic E-state index is -0.903. The number of carbonyl (C=O) groups excluding carboxylic acids is 1. The molecule has 2 aromatic carbocycles. The quantitative estimate of drug-likeness (QED) is 0.717. The summed E-state index contributed by atoms with van der Waals surface area (Å²) >= 11 is 0. The Bertz CT molecular complexity index is 842. The highest BCUT2D eigenvalue weighted by atomic mass is 16.5. The molecule has 1 aromatic heterocycles. The fraction of sp³-hybridized carbons (Fsp3) is 0.150. The maximum Gasteiger partial charge on any atom is 0.255 e. The summed E-state index contributed by atoms with van der Waals surface area (Å²) in [5.74, 6) is 1.91. The monoisotopic (exact) mass is 337 g/mol. The Morgan fingerprint density at radius 2 is 1.80 bits per heavy atom. The Morgan fingerprint density at radius 1 is 1.08 bits per heavy atom. The van der Waals surface area contributed by atoms with Gasteiger partial charge in [-0.2, -0.15) is 0 Å². The van der Waals surface area contributed by atoms with Crippen LogP contribution in [0.3, 0.4) is 0 Å².